The molecule has 2 heterocycles. The van der Waals surface area contributed by atoms with Gasteiger partial charge in [0.05, 0.1) is 28.2 Å². The van der Waals surface area contributed by atoms with Crippen LogP contribution in [0.2, 0.25) is 0 Å². The number of hydrogen-bond donors (Lipinski definition) is 0. The molecule has 0 amide bonds. The van der Waals surface area contributed by atoms with Crippen molar-refractivity contribution < 1.29 is 0 Å². The van der Waals surface area contributed by atoms with Gasteiger partial charge in [-0.25, -0.2) is 0 Å². The third kappa shape index (κ3) is 2.11. The van der Waals surface area contributed by atoms with Crippen molar-refractivity contribution in [1.29, 1.82) is 5.26 Å². The fourth-order valence-corrected chi connectivity index (χ4v) is 4.61. The molecule has 0 unspecified atom stereocenters. The molecule has 29 heavy (non-hydrogen) atoms. The highest BCUT2D eigenvalue weighted by atomic mass is 15.0. The van der Waals surface area contributed by atoms with E-state index in [-0.39, 0.29) is 0 Å². The predicted octanol–water partition coefficient (Wildman–Crippen LogP) is 6.30. The summed E-state index contributed by atoms with van der Waals surface area (Å²) in [6.07, 6.45) is 0. The van der Waals surface area contributed by atoms with Crippen molar-refractivity contribution in [2.24, 2.45) is 7.05 Å². The first-order valence-electron chi connectivity index (χ1n) is 9.67. The maximum Gasteiger partial charge on any atom is 0.0992 e. The van der Waals surface area contributed by atoms with Gasteiger partial charge in [0.25, 0.3) is 0 Å². The van der Waals surface area contributed by atoms with Gasteiger partial charge in [-0.3, -0.25) is 0 Å². The fraction of sp³-hybridized carbons (Fsp3) is 0.0385. The predicted molar refractivity (Wildman–Crippen MR) is 119 cm³/mol. The first-order valence-corrected chi connectivity index (χ1v) is 9.67. The Kier molecular flexibility index (Phi) is 3.16. The van der Waals surface area contributed by atoms with Gasteiger partial charge in [0.15, 0.2) is 0 Å². The van der Waals surface area contributed by atoms with Crippen molar-refractivity contribution >= 4 is 43.6 Å². The van der Waals surface area contributed by atoms with Gasteiger partial charge < -0.3 is 9.13 Å². The number of nitriles is 1. The number of aromatic nitrogens is 2. The number of benzene rings is 4. The highest BCUT2D eigenvalue weighted by molar-refractivity contribution is 6.11. The van der Waals surface area contributed by atoms with E-state index in [0.29, 0.717) is 5.56 Å². The summed E-state index contributed by atoms with van der Waals surface area (Å²) < 4.78 is 4.51. The van der Waals surface area contributed by atoms with Crippen LogP contribution in [0.25, 0.3) is 49.3 Å². The molecule has 0 radical (unpaired) electrons. The normalized spacial score (nSPS) is 11.6. The minimum atomic E-state index is 0.686. The average molecular weight is 371 g/mol. The minimum absolute atomic E-state index is 0.686. The van der Waals surface area contributed by atoms with Crippen LogP contribution in [0.15, 0.2) is 84.9 Å². The van der Waals surface area contributed by atoms with Crippen molar-refractivity contribution in [3.63, 3.8) is 0 Å². The van der Waals surface area contributed by atoms with Crippen LogP contribution in [0, 0.1) is 11.3 Å². The summed E-state index contributed by atoms with van der Waals surface area (Å²) in [5.74, 6) is 0. The lowest BCUT2D eigenvalue weighted by atomic mass is 10.1. The van der Waals surface area contributed by atoms with Gasteiger partial charge in [-0.1, -0.05) is 42.5 Å². The number of hydrogen-bond acceptors (Lipinski definition) is 1. The molecular weight excluding hydrogens is 354 g/mol. The van der Waals surface area contributed by atoms with Gasteiger partial charge in [-0.05, 0) is 42.5 Å². The zero-order valence-corrected chi connectivity index (χ0v) is 15.9. The Morgan fingerprint density at radius 1 is 0.621 bits per heavy atom. The van der Waals surface area contributed by atoms with Gasteiger partial charge in [0.1, 0.15) is 0 Å². The molecule has 6 aromatic rings. The summed E-state index contributed by atoms with van der Waals surface area (Å²) in [6.45, 7) is 0. The first kappa shape index (κ1) is 16.0. The second-order valence-electron chi connectivity index (χ2n) is 7.47. The second kappa shape index (κ2) is 5.73. The SMILES string of the molecule is Cn1c2ccc(-n3c4ccccc4c4ccccc43)cc2c2ccc(C#N)cc21. The second-order valence-corrected chi connectivity index (χ2v) is 7.47. The molecule has 3 nitrogen and oxygen atoms in total. The van der Waals surface area contributed by atoms with Crippen molar-refractivity contribution in [3.8, 4) is 11.8 Å². The quantitative estimate of drug-likeness (QED) is 0.334. The third-order valence-corrected chi connectivity index (χ3v) is 5.96. The maximum atomic E-state index is 9.27. The van der Waals surface area contributed by atoms with Crippen LogP contribution in [0.1, 0.15) is 5.56 Å². The summed E-state index contributed by atoms with van der Waals surface area (Å²) in [5, 5.41) is 14.2. The van der Waals surface area contributed by atoms with E-state index >= 15 is 0 Å². The molecule has 0 N–H and O–H groups in total. The molecule has 3 heteroatoms. The standard InChI is InChI=1S/C26H17N3/c1-28-23-13-11-18(15-22(23)21-12-10-17(16-27)14-26(21)28)29-24-8-4-2-6-19(24)20-7-3-5-9-25(20)29/h2-15H,1H3. The van der Waals surface area contributed by atoms with Crippen molar-refractivity contribution in [2.45, 2.75) is 0 Å². The summed E-state index contributed by atoms with van der Waals surface area (Å²) in [4.78, 5) is 0. The lowest BCUT2D eigenvalue weighted by molar-refractivity contribution is 1.01. The highest BCUT2D eigenvalue weighted by Gasteiger charge is 2.14. The molecule has 0 saturated carbocycles. The molecule has 6 rings (SSSR count). The maximum absolute atomic E-state index is 9.27. The van der Waals surface area contributed by atoms with E-state index in [1.165, 1.54) is 38.1 Å². The molecule has 4 aromatic carbocycles. The molecular formula is C26H17N3. The molecule has 0 fully saturated rings. The van der Waals surface area contributed by atoms with Gasteiger partial charge in [0.2, 0.25) is 0 Å². The zero-order valence-electron chi connectivity index (χ0n) is 15.9. The van der Waals surface area contributed by atoms with E-state index in [0.717, 1.165) is 11.2 Å². The van der Waals surface area contributed by atoms with Gasteiger partial charge >= 0.3 is 0 Å². The summed E-state index contributed by atoms with van der Waals surface area (Å²) >= 11 is 0. The Labute approximate surface area is 167 Å². The van der Waals surface area contributed by atoms with Crippen LogP contribution >= 0.6 is 0 Å². The minimum Gasteiger partial charge on any atom is -0.344 e. The van der Waals surface area contributed by atoms with E-state index in [1.54, 1.807) is 0 Å². The van der Waals surface area contributed by atoms with Gasteiger partial charge in [-0.2, -0.15) is 5.26 Å². The summed E-state index contributed by atoms with van der Waals surface area (Å²) in [5.41, 5.74) is 6.50. The molecule has 0 aliphatic heterocycles. The number of rotatable bonds is 1. The van der Waals surface area contributed by atoms with Crippen LogP contribution in [0.4, 0.5) is 0 Å². The van der Waals surface area contributed by atoms with Crippen molar-refractivity contribution in [1.82, 2.24) is 9.13 Å². The molecule has 0 spiro atoms. The summed E-state index contributed by atoms with van der Waals surface area (Å²) in [6, 6.07) is 31.9. The number of para-hydroxylation sites is 2. The molecule has 0 atom stereocenters. The van der Waals surface area contributed by atoms with Crippen LogP contribution in [-0.4, -0.2) is 9.13 Å². The van der Waals surface area contributed by atoms with E-state index in [9.17, 15) is 5.26 Å². The molecule has 136 valence electrons. The Balaban J connectivity index is 1.73. The molecule has 0 saturated heterocycles. The molecule has 0 aliphatic carbocycles. The monoisotopic (exact) mass is 371 g/mol. The smallest absolute Gasteiger partial charge is 0.0992 e. The summed E-state index contributed by atoms with van der Waals surface area (Å²) in [7, 11) is 2.06. The zero-order chi connectivity index (χ0) is 19.5. The Morgan fingerprint density at radius 3 is 1.97 bits per heavy atom. The van der Waals surface area contributed by atoms with Crippen LogP contribution in [0.3, 0.4) is 0 Å². The first-order chi connectivity index (χ1) is 14.3. The lowest BCUT2D eigenvalue weighted by Crippen LogP contribution is -1.94. The average Bonchev–Trinajstić information content (AvgIpc) is 3.26. The lowest BCUT2D eigenvalue weighted by Gasteiger charge is -2.08. The van der Waals surface area contributed by atoms with Crippen molar-refractivity contribution in [2.75, 3.05) is 0 Å². The molecule has 2 aromatic heterocycles. The largest absolute Gasteiger partial charge is 0.344 e. The van der Waals surface area contributed by atoms with Crippen molar-refractivity contribution in [3.05, 3.63) is 90.5 Å². The number of fused-ring (bicyclic) bond motifs is 6. The highest BCUT2D eigenvalue weighted by Crippen LogP contribution is 2.35. The molecule has 0 bridgehead atoms. The number of aryl methyl sites for hydroxylation is 1. The van der Waals surface area contributed by atoms with Crippen LogP contribution < -0.4 is 0 Å². The van der Waals surface area contributed by atoms with E-state index in [4.69, 9.17) is 0 Å². The topological polar surface area (TPSA) is 33.6 Å². The van der Waals surface area contributed by atoms with Gasteiger partial charge in [-0.15, -0.1) is 0 Å². The van der Waals surface area contributed by atoms with E-state index < -0.39 is 0 Å². The fourth-order valence-electron chi connectivity index (χ4n) is 4.61. The van der Waals surface area contributed by atoms with E-state index in [2.05, 4.69) is 95.0 Å². The van der Waals surface area contributed by atoms with Crippen LogP contribution in [0.5, 0.6) is 0 Å². The molecule has 0 aliphatic rings. The van der Waals surface area contributed by atoms with Gasteiger partial charge in [0, 0.05) is 39.8 Å². The Morgan fingerprint density at radius 2 is 1.28 bits per heavy atom. The third-order valence-electron chi connectivity index (χ3n) is 5.96. The Bertz CT molecular complexity index is 1570. The van der Waals surface area contributed by atoms with E-state index in [1.807, 2.05) is 12.1 Å². The Hall–Kier alpha value is -4.03. The number of nitrogens with zero attached hydrogens (tertiary/aromatic N) is 3. The van der Waals surface area contributed by atoms with Crippen LogP contribution in [-0.2, 0) is 7.05 Å².